The van der Waals surface area contributed by atoms with Gasteiger partial charge in [0.1, 0.15) is 0 Å². The number of nitrogens with one attached hydrogen (secondary N) is 1. The van der Waals surface area contributed by atoms with Crippen molar-refractivity contribution < 1.29 is 4.79 Å². The van der Waals surface area contributed by atoms with Gasteiger partial charge < -0.3 is 10.2 Å². The summed E-state index contributed by atoms with van der Waals surface area (Å²) in [6.45, 7) is 0.693. The van der Waals surface area contributed by atoms with Crippen LogP contribution in [-0.2, 0) is 6.54 Å². The summed E-state index contributed by atoms with van der Waals surface area (Å²) in [6, 6.07) is 18.7. The highest BCUT2D eigenvalue weighted by atomic mass is 32.1. The van der Waals surface area contributed by atoms with Crippen molar-refractivity contribution in [1.82, 2.24) is 4.90 Å². The van der Waals surface area contributed by atoms with E-state index in [1.54, 1.807) is 11.3 Å². The van der Waals surface area contributed by atoms with Crippen molar-refractivity contribution in [1.29, 1.82) is 0 Å². The van der Waals surface area contributed by atoms with Crippen LogP contribution in [0, 0.1) is 0 Å². The second-order valence-corrected chi connectivity index (χ2v) is 6.93. The zero-order chi connectivity index (χ0) is 15.6. The predicted octanol–water partition coefficient (Wildman–Crippen LogP) is 5.10. The first kappa shape index (κ1) is 14.3. The van der Waals surface area contributed by atoms with Crippen molar-refractivity contribution in [3.8, 4) is 0 Å². The van der Waals surface area contributed by atoms with E-state index in [0.29, 0.717) is 12.6 Å². The van der Waals surface area contributed by atoms with Crippen molar-refractivity contribution in [2.24, 2.45) is 0 Å². The van der Waals surface area contributed by atoms with E-state index in [9.17, 15) is 4.79 Å². The SMILES string of the molecule is O=C(Nc1cccc2ccccc12)N(Cc1cccs1)C1CC1. The van der Waals surface area contributed by atoms with Gasteiger partial charge in [-0.15, -0.1) is 11.3 Å². The van der Waals surface area contributed by atoms with Gasteiger partial charge in [-0.05, 0) is 35.7 Å². The number of amides is 2. The topological polar surface area (TPSA) is 32.3 Å². The summed E-state index contributed by atoms with van der Waals surface area (Å²) in [6.07, 6.45) is 2.21. The minimum atomic E-state index is -0.00254. The monoisotopic (exact) mass is 322 g/mol. The summed E-state index contributed by atoms with van der Waals surface area (Å²) in [5.74, 6) is 0. The number of thiophene rings is 1. The standard InChI is InChI=1S/C19H18N2OS/c22-19(21(15-10-11-15)13-16-7-4-12-23-16)20-18-9-3-6-14-5-1-2-8-17(14)18/h1-9,12,15H,10-11,13H2,(H,20,22). The van der Waals surface area contributed by atoms with Gasteiger partial charge in [0.05, 0.1) is 12.2 Å². The molecule has 2 amide bonds. The number of rotatable bonds is 4. The van der Waals surface area contributed by atoms with Gasteiger partial charge >= 0.3 is 6.03 Å². The molecule has 4 rings (SSSR count). The molecule has 1 aliphatic carbocycles. The van der Waals surface area contributed by atoms with Gasteiger partial charge in [0.25, 0.3) is 0 Å². The minimum Gasteiger partial charge on any atom is -0.316 e. The Kier molecular flexibility index (Phi) is 3.75. The molecule has 3 aromatic rings. The number of nitrogens with zero attached hydrogens (tertiary/aromatic N) is 1. The second kappa shape index (κ2) is 6.05. The number of carbonyl (C=O) groups excluding carboxylic acids is 1. The fourth-order valence-corrected chi connectivity index (χ4v) is 3.55. The highest BCUT2D eigenvalue weighted by molar-refractivity contribution is 7.09. The normalized spacial score (nSPS) is 13.9. The lowest BCUT2D eigenvalue weighted by Crippen LogP contribution is -2.36. The Morgan fingerprint density at radius 1 is 1.09 bits per heavy atom. The van der Waals surface area contributed by atoms with Crippen molar-refractivity contribution >= 4 is 33.8 Å². The number of hydrogen-bond donors (Lipinski definition) is 1. The molecule has 23 heavy (non-hydrogen) atoms. The molecule has 1 aromatic heterocycles. The van der Waals surface area contributed by atoms with Gasteiger partial charge in [-0.3, -0.25) is 0 Å². The highest BCUT2D eigenvalue weighted by Gasteiger charge is 2.33. The maximum atomic E-state index is 12.8. The number of fused-ring (bicyclic) bond motifs is 1. The van der Waals surface area contributed by atoms with E-state index in [1.165, 1.54) is 4.88 Å². The van der Waals surface area contributed by atoms with E-state index >= 15 is 0 Å². The first-order valence-corrected chi connectivity index (χ1v) is 8.77. The molecule has 0 radical (unpaired) electrons. The third kappa shape index (κ3) is 3.08. The zero-order valence-electron chi connectivity index (χ0n) is 12.7. The third-order valence-electron chi connectivity index (χ3n) is 4.19. The Bertz CT molecular complexity index is 819. The Morgan fingerprint density at radius 3 is 2.70 bits per heavy atom. The van der Waals surface area contributed by atoms with Gasteiger partial charge in [-0.2, -0.15) is 0 Å². The summed E-state index contributed by atoms with van der Waals surface area (Å²) in [5.41, 5.74) is 0.880. The van der Waals surface area contributed by atoms with Gasteiger partial charge in [-0.25, -0.2) is 4.79 Å². The van der Waals surface area contributed by atoms with Gasteiger partial charge in [-0.1, -0.05) is 42.5 Å². The summed E-state index contributed by atoms with van der Waals surface area (Å²) in [4.78, 5) is 16.0. The first-order valence-electron chi connectivity index (χ1n) is 7.89. The second-order valence-electron chi connectivity index (χ2n) is 5.90. The van der Waals surface area contributed by atoms with Gasteiger partial charge in [0.15, 0.2) is 0 Å². The van der Waals surface area contributed by atoms with Crippen LogP contribution in [0.2, 0.25) is 0 Å². The van der Waals surface area contributed by atoms with E-state index in [4.69, 9.17) is 0 Å². The van der Waals surface area contributed by atoms with Crippen LogP contribution in [0.3, 0.4) is 0 Å². The van der Waals surface area contributed by atoms with E-state index in [1.807, 2.05) is 41.3 Å². The van der Waals surface area contributed by atoms with Crippen molar-refractivity contribution in [3.63, 3.8) is 0 Å². The van der Waals surface area contributed by atoms with E-state index in [0.717, 1.165) is 29.3 Å². The number of anilines is 1. The summed E-state index contributed by atoms with van der Waals surface area (Å²) in [7, 11) is 0. The molecule has 3 nitrogen and oxygen atoms in total. The molecule has 0 bridgehead atoms. The van der Waals surface area contributed by atoms with Crippen LogP contribution in [0.1, 0.15) is 17.7 Å². The lowest BCUT2D eigenvalue weighted by atomic mass is 10.1. The lowest BCUT2D eigenvalue weighted by Gasteiger charge is -2.22. The fraction of sp³-hybridized carbons (Fsp3) is 0.211. The molecular weight excluding hydrogens is 304 g/mol. The van der Waals surface area contributed by atoms with Crippen LogP contribution in [0.4, 0.5) is 10.5 Å². The minimum absolute atomic E-state index is 0.00254. The van der Waals surface area contributed by atoms with Crippen molar-refractivity contribution in [2.45, 2.75) is 25.4 Å². The average molecular weight is 322 g/mol. The first-order chi connectivity index (χ1) is 11.3. The van der Waals surface area contributed by atoms with Crippen LogP contribution < -0.4 is 5.32 Å². The molecule has 0 spiro atoms. The smallest absolute Gasteiger partial charge is 0.316 e. The molecule has 0 saturated heterocycles. The highest BCUT2D eigenvalue weighted by Crippen LogP contribution is 2.31. The molecule has 116 valence electrons. The molecule has 1 saturated carbocycles. The average Bonchev–Trinajstić information content (AvgIpc) is 3.29. The fourth-order valence-electron chi connectivity index (χ4n) is 2.84. The molecule has 0 unspecified atom stereocenters. The zero-order valence-corrected chi connectivity index (χ0v) is 13.6. The molecule has 1 aliphatic rings. The van der Waals surface area contributed by atoms with Crippen LogP contribution in [0.15, 0.2) is 60.0 Å². The number of urea groups is 1. The third-order valence-corrected chi connectivity index (χ3v) is 5.05. The Morgan fingerprint density at radius 2 is 1.91 bits per heavy atom. The Hall–Kier alpha value is -2.33. The lowest BCUT2D eigenvalue weighted by molar-refractivity contribution is 0.206. The maximum absolute atomic E-state index is 12.8. The predicted molar refractivity (Wildman–Crippen MR) is 95.9 cm³/mol. The van der Waals surface area contributed by atoms with Gasteiger partial charge in [0.2, 0.25) is 0 Å². The number of hydrogen-bond acceptors (Lipinski definition) is 2. The van der Waals surface area contributed by atoms with Crippen LogP contribution in [0.5, 0.6) is 0 Å². The summed E-state index contributed by atoms with van der Waals surface area (Å²) < 4.78 is 0. The summed E-state index contributed by atoms with van der Waals surface area (Å²) in [5, 5.41) is 7.39. The van der Waals surface area contributed by atoms with E-state index < -0.39 is 0 Å². The number of carbonyl (C=O) groups is 1. The van der Waals surface area contributed by atoms with Crippen LogP contribution in [0.25, 0.3) is 10.8 Å². The quantitative estimate of drug-likeness (QED) is 0.712. The van der Waals surface area contributed by atoms with Crippen LogP contribution in [-0.4, -0.2) is 17.0 Å². The Labute approximate surface area is 139 Å². The molecule has 1 N–H and O–H groups in total. The molecule has 4 heteroatoms. The molecule has 1 heterocycles. The van der Waals surface area contributed by atoms with E-state index in [-0.39, 0.29) is 6.03 Å². The molecule has 2 aromatic carbocycles. The van der Waals surface area contributed by atoms with E-state index in [2.05, 4.69) is 28.9 Å². The maximum Gasteiger partial charge on any atom is 0.322 e. The Balaban J connectivity index is 1.57. The number of benzene rings is 2. The largest absolute Gasteiger partial charge is 0.322 e. The van der Waals surface area contributed by atoms with Crippen molar-refractivity contribution in [3.05, 3.63) is 64.9 Å². The van der Waals surface area contributed by atoms with Crippen molar-refractivity contribution in [2.75, 3.05) is 5.32 Å². The van der Waals surface area contributed by atoms with Gasteiger partial charge in [0, 0.05) is 16.3 Å². The molecule has 0 aliphatic heterocycles. The molecule has 0 atom stereocenters. The molecular formula is C19H18N2OS. The van der Waals surface area contributed by atoms with Crippen LogP contribution >= 0.6 is 11.3 Å². The molecule has 1 fully saturated rings. The summed E-state index contributed by atoms with van der Waals surface area (Å²) >= 11 is 1.70.